The molecule has 1 aliphatic carbocycles. The molecule has 0 bridgehead atoms. The predicted molar refractivity (Wildman–Crippen MR) is 71.2 cm³/mol. The first-order valence-corrected chi connectivity index (χ1v) is 6.24. The molecule has 0 radical (unpaired) electrons. The first kappa shape index (κ1) is 12.7. The maximum Gasteiger partial charge on any atom is 0.165 e. The topological polar surface area (TPSA) is 34.1 Å². The van der Waals surface area contributed by atoms with Crippen LogP contribution in [0.3, 0.4) is 0 Å². The van der Waals surface area contributed by atoms with Gasteiger partial charge in [0, 0.05) is 11.3 Å². The summed E-state index contributed by atoms with van der Waals surface area (Å²) in [6, 6.07) is 9.86. The number of hydrogen-bond donors (Lipinski definition) is 0. The van der Waals surface area contributed by atoms with E-state index in [1.807, 2.05) is 44.2 Å². The zero-order valence-corrected chi connectivity index (χ0v) is 11.1. The van der Waals surface area contributed by atoms with Crippen molar-refractivity contribution in [1.82, 2.24) is 0 Å². The average molecular weight is 242 g/mol. The van der Waals surface area contributed by atoms with Gasteiger partial charge in [0.15, 0.2) is 11.6 Å². The van der Waals surface area contributed by atoms with Crippen molar-refractivity contribution in [1.29, 1.82) is 0 Å². The number of rotatable bonds is 2. The van der Waals surface area contributed by atoms with Crippen molar-refractivity contribution < 1.29 is 9.59 Å². The predicted octanol–water partition coefficient (Wildman–Crippen LogP) is 2.97. The van der Waals surface area contributed by atoms with Gasteiger partial charge < -0.3 is 0 Å². The van der Waals surface area contributed by atoms with Crippen LogP contribution in [0, 0.1) is 11.3 Å². The van der Waals surface area contributed by atoms with E-state index in [9.17, 15) is 9.59 Å². The SMILES string of the molecule is CC1=CC(=O)C(Cc2ccccc2)C(C)(C)C1=O. The van der Waals surface area contributed by atoms with Crippen molar-refractivity contribution in [3.05, 3.63) is 47.5 Å². The molecule has 0 heterocycles. The van der Waals surface area contributed by atoms with Gasteiger partial charge in [0.05, 0.1) is 0 Å². The standard InChI is InChI=1S/C16H18O2/c1-11-9-14(17)13(16(2,3)15(11)18)10-12-7-5-4-6-8-12/h4-9,13H,10H2,1-3H3. The highest BCUT2D eigenvalue weighted by atomic mass is 16.1. The molecule has 1 atom stereocenters. The molecular formula is C16H18O2. The quantitative estimate of drug-likeness (QED) is 0.799. The average Bonchev–Trinajstić information content (AvgIpc) is 2.34. The van der Waals surface area contributed by atoms with E-state index < -0.39 is 5.41 Å². The normalized spacial score (nSPS) is 22.8. The number of Topliss-reactive ketones (excluding diaryl/α,β-unsaturated/α-hetero) is 1. The number of ketones is 2. The van der Waals surface area contributed by atoms with E-state index in [-0.39, 0.29) is 17.5 Å². The van der Waals surface area contributed by atoms with Crippen LogP contribution in [-0.2, 0) is 16.0 Å². The third-order valence-electron chi connectivity index (χ3n) is 3.80. The molecule has 1 aliphatic rings. The number of carbonyl (C=O) groups excluding carboxylic acids is 2. The van der Waals surface area contributed by atoms with Crippen LogP contribution in [-0.4, -0.2) is 11.6 Å². The number of allylic oxidation sites excluding steroid dienone is 2. The fourth-order valence-electron chi connectivity index (χ4n) is 2.61. The Morgan fingerprint density at radius 3 is 2.33 bits per heavy atom. The molecule has 1 aromatic rings. The summed E-state index contributed by atoms with van der Waals surface area (Å²) in [5.74, 6) is -0.0971. The van der Waals surface area contributed by atoms with Crippen LogP contribution in [0.4, 0.5) is 0 Å². The van der Waals surface area contributed by atoms with Crippen LogP contribution < -0.4 is 0 Å². The fourth-order valence-corrected chi connectivity index (χ4v) is 2.61. The highest BCUT2D eigenvalue weighted by molar-refractivity contribution is 6.12. The van der Waals surface area contributed by atoms with Crippen molar-refractivity contribution in [2.75, 3.05) is 0 Å². The van der Waals surface area contributed by atoms with Crippen molar-refractivity contribution >= 4 is 11.6 Å². The Balaban J connectivity index is 2.33. The lowest BCUT2D eigenvalue weighted by molar-refractivity contribution is -0.134. The van der Waals surface area contributed by atoms with E-state index in [0.717, 1.165) is 5.56 Å². The maximum atomic E-state index is 12.2. The number of benzene rings is 1. The molecule has 0 spiro atoms. The molecule has 0 N–H and O–H groups in total. The number of hydrogen-bond acceptors (Lipinski definition) is 2. The smallest absolute Gasteiger partial charge is 0.165 e. The zero-order chi connectivity index (χ0) is 13.3. The first-order valence-electron chi connectivity index (χ1n) is 6.24. The molecule has 2 rings (SSSR count). The van der Waals surface area contributed by atoms with E-state index in [1.54, 1.807) is 6.92 Å². The minimum atomic E-state index is -0.605. The Morgan fingerprint density at radius 1 is 1.11 bits per heavy atom. The highest BCUT2D eigenvalue weighted by Crippen LogP contribution is 2.37. The van der Waals surface area contributed by atoms with Gasteiger partial charge in [-0.05, 0) is 30.6 Å². The van der Waals surface area contributed by atoms with Crippen molar-refractivity contribution in [2.45, 2.75) is 27.2 Å². The van der Waals surface area contributed by atoms with Crippen molar-refractivity contribution in [3.63, 3.8) is 0 Å². The zero-order valence-electron chi connectivity index (χ0n) is 11.1. The van der Waals surface area contributed by atoms with Gasteiger partial charge in [-0.2, -0.15) is 0 Å². The second kappa shape index (κ2) is 4.52. The first-order chi connectivity index (χ1) is 8.43. The third kappa shape index (κ3) is 2.15. The molecule has 18 heavy (non-hydrogen) atoms. The lowest BCUT2D eigenvalue weighted by Crippen LogP contribution is -2.42. The molecule has 0 amide bonds. The highest BCUT2D eigenvalue weighted by Gasteiger charge is 2.43. The Labute approximate surface area is 108 Å². The van der Waals surface area contributed by atoms with E-state index in [0.29, 0.717) is 12.0 Å². The molecule has 94 valence electrons. The van der Waals surface area contributed by atoms with E-state index in [4.69, 9.17) is 0 Å². The van der Waals surface area contributed by atoms with Crippen LogP contribution in [0.25, 0.3) is 0 Å². The summed E-state index contributed by atoms with van der Waals surface area (Å²) in [5.41, 5.74) is 1.07. The Kier molecular flexibility index (Phi) is 3.20. The molecule has 2 heteroatoms. The summed E-state index contributed by atoms with van der Waals surface area (Å²) in [6.45, 7) is 5.47. The summed E-state index contributed by atoms with van der Waals surface area (Å²) in [7, 11) is 0. The van der Waals surface area contributed by atoms with Gasteiger partial charge in [-0.15, -0.1) is 0 Å². The van der Waals surface area contributed by atoms with Gasteiger partial charge >= 0.3 is 0 Å². The molecular weight excluding hydrogens is 224 g/mol. The van der Waals surface area contributed by atoms with Gasteiger partial charge in [0.1, 0.15) is 0 Å². The fraction of sp³-hybridized carbons (Fsp3) is 0.375. The van der Waals surface area contributed by atoms with Gasteiger partial charge in [0.25, 0.3) is 0 Å². The van der Waals surface area contributed by atoms with Crippen LogP contribution in [0.15, 0.2) is 42.0 Å². The van der Waals surface area contributed by atoms with Crippen molar-refractivity contribution in [3.8, 4) is 0 Å². The van der Waals surface area contributed by atoms with Crippen LogP contribution in [0.1, 0.15) is 26.3 Å². The Hall–Kier alpha value is -1.70. The van der Waals surface area contributed by atoms with Crippen LogP contribution >= 0.6 is 0 Å². The van der Waals surface area contributed by atoms with Gasteiger partial charge in [-0.1, -0.05) is 44.2 Å². The molecule has 1 unspecified atom stereocenters. The summed E-state index contributed by atoms with van der Waals surface area (Å²) >= 11 is 0. The van der Waals surface area contributed by atoms with Gasteiger partial charge in [-0.3, -0.25) is 9.59 Å². The second-order valence-corrected chi connectivity index (χ2v) is 5.52. The molecule has 0 aromatic heterocycles. The molecule has 0 saturated carbocycles. The molecule has 1 aromatic carbocycles. The monoisotopic (exact) mass is 242 g/mol. The van der Waals surface area contributed by atoms with Crippen molar-refractivity contribution in [2.24, 2.45) is 11.3 Å². The minimum Gasteiger partial charge on any atom is -0.294 e. The van der Waals surface area contributed by atoms with E-state index in [1.165, 1.54) is 6.08 Å². The summed E-state index contributed by atoms with van der Waals surface area (Å²) in [6.07, 6.45) is 2.13. The lowest BCUT2D eigenvalue weighted by Gasteiger charge is -2.35. The molecule has 0 saturated heterocycles. The summed E-state index contributed by atoms with van der Waals surface area (Å²) < 4.78 is 0. The van der Waals surface area contributed by atoms with Gasteiger partial charge in [-0.25, -0.2) is 0 Å². The Morgan fingerprint density at radius 2 is 1.72 bits per heavy atom. The third-order valence-corrected chi connectivity index (χ3v) is 3.80. The van der Waals surface area contributed by atoms with Gasteiger partial charge in [0.2, 0.25) is 0 Å². The summed E-state index contributed by atoms with van der Waals surface area (Å²) in [4.78, 5) is 24.3. The molecule has 0 fully saturated rings. The van der Waals surface area contributed by atoms with E-state index >= 15 is 0 Å². The summed E-state index contributed by atoms with van der Waals surface area (Å²) in [5, 5.41) is 0. The largest absolute Gasteiger partial charge is 0.294 e. The number of carbonyl (C=O) groups is 2. The lowest BCUT2D eigenvalue weighted by atomic mass is 9.66. The molecule has 0 aliphatic heterocycles. The van der Waals surface area contributed by atoms with Crippen LogP contribution in [0.2, 0.25) is 0 Å². The minimum absolute atomic E-state index is 0.0703. The maximum absolute atomic E-state index is 12.2. The second-order valence-electron chi connectivity index (χ2n) is 5.52. The Bertz CT molecular complexity index is 509. The molecule has 2 nitrogen and oxygen atoms in total. The van der Waals surface area contributed by atoms with E-state index in [2.05, 4.69) is 0 Å². The van der Waals surface area contributed by atoms with Crippen LogP contribution in [0.5, 0.6) is 0 Å².